The molecule has 0 radical (unpaired) electrons. The molecule has 0 spiro atoms. The van der Waals surface area contributed by atoms with Gasteiger partial charge in [0, 0.05) is 25.0 Å². The number of hydrogen-bond donors (Lipinski definition) is 2. The SMILES string of the molecule is Cc1cncc(CN2CCC(N(C)[C@@H]3COC[C@@H](O)[C@H]3O)CC2)c1. The number of nitrogens with zero attached hydrogens (tertiary/aromatic N) is 3. The number of hydrogen-bond acceptors (Lipinski definition) is 6. The number of likely N-dealkylation sites (N-methyl/N-ethyl adjacent to an activating group) is 1. The van der Waals surface area contributed by atoms with Gasteiger partial charge in [0.05, 0.1) is 25.4 Å². The van der Waals surface area contributed by atoms with Crippen molar-refractivity contribution in [1.82, 2.24) is 14.8 Å². The molecule has 24 heavy (non-hydrogen) atoms. The smallest absolute Gasteiger partial charge is 0.105 e. The van der Waals surface area contributed by atoms with Gasteiger partial charge in [-0.1, -0.05) is 6.07 Å². The highest BCUT2D eigenvalue weighted by molar-refractivity contribution is 5.16. The maximum Gasteiger partial charge on any atom is 0.105 e. The minimum Gasteiger partial charge on any atom is -0.389 e. The Kier molecular flexibility index (Phi) is 5.84. The molecule has 2 aliphatic rings. The van der Waals surface area contributed by atoms with Crippen molar-refractivity contribution in [3.63, 3.8) is 0 Å². The predicted octanol–water partition coefficient (Wildman–Crippen LogP) is 0.407. The second kappa shape index (κ2) is 7.89. The molecule has 2 saturated heterocycles. The number of pyridine rings is 1. The van der Waals surface area contributed by atoms with Crippen LogP contribution >= 0.6 is 0 Å². The van der Waals surface area contributed by atoms with E-state index in [1.807, 2.05) is 19.4 Å². The number of aromatic nitrogens is 1. The van der Waals surface area contributed by atoms with E-state index in [0.717, 1.165) is 32.5 Å². The summed E-state index contributed by atoms with van der Waals surface area (Å²) < 4.78 is 5.42. The maximum atomic E-state index is 10.2. The van der Waals surface area contributed by atoms with E-state index in [-0.39, 0.29) is 12.6 Å². The molecule has 134 valence electrons. The zero-order chi connectivity index (χ0) is 17.1. The summed E-state index contributed by atoms with van der Waals surface area (Å²) in [5, 5.41) is 20.0. The average Bonchev–Trinajstić information content (AvgIpc) is 2.57. The van der Waals surface area contributed by atoms with Crippen LogP contribution in [0.5, 0.6) is 0 Å². The molecule has 3 heterocycles. The number of rotatable bonds is 4. The molecule has 0 amide bonds. The summed E-state index contributed by atoms with van der Waals surface area (Å²) in [6.07, 6.45) is 4.46. The number of aliphatic hydroxyl groups is 2. The largest absolute Gasteiger partial charge is 0.389 e. The van der Waals surface area contributed by atoms with E-state index in [1.54, 1.807) is 0 Å². The highest BCUT2D eigenvalue weighted by atomic mass is 16.5. The number of aliphatic hydroxyl groups excluding tert-OH is 2. The summed E-state index contributed by atoms with van der Waals surface area (Å²) in [4.78, 5) is 8.94. The van der Waals surface area contributed by atoms with Crippen LogP contribution in [0.3, 0.4) is 0 Å². The van der Waals surface area contributed by atoms with E-state index in [4.69, 9.17) is 4.74 Å². The Morgan fingerprint density at radius 2 is 2.00 bits per heavy atom. The van der Waals surface area contributed by atoms with Gasteiger partial charge in [-0.2, -0.15) is 0 Å². The lowest BCUT2D eigenvalue weighted by atomic mass is 9.97. The van der Waals surface area contributed by atoms with Crippen LogP contribution in [0.25, 0.3) is 0 Å². The van der Waals surface area contributed by atoms with Crippen LogP contribution in [0.2, 0.25) is 0 Å². The van der Waals surface area contributed by atoms with Gasteiger partial charge >= 0.3 is 0 Å². The third-order valence-electron chi connectivity index (χ3n) is 5.36. The Labute approximate surface area is 144 Å². The van der Waals surface area contributed by atoms with Gasteiger partial charge in [-0.05, 0) is 51.0 Å². The van der Waals surface area contributed by atoms with Crippen molar-refractivity contribution in [2.45, 2.75) is 50.6 Å². The van der Waals surface area contributed by atoms with Crippen LogP contribution in [-0.2, 0) is 11.3 Å². The first kappa shape index (κ1) is 17.8. The molecule has 0 unspecified atom stereocenters. The lowest BCUT2D eigenvalue weighted by Gasteiger charge is -2.44. The standard InChI is InChI=1S/C18H29N3O3/c1-13-7-14(9-19-8-13)10-21-5-3-15(4-6-21)20(2)16-11-24-12-17(22)18(16)23/h7-9,15-18,22-23H,3-6,10-12H2,1-2H3/t16-,17-,18+/m1/s1. The first-order chi connectivity index (χ1) is 11.5. The van der Waals surface area contributed by atoms with Crippen LogP contribution in [-0.4, -0.2) is 82.6 Å². The Hall–Kier alpha value is -1.05. The van der Waals surface area contributed by atoms with Crippen molar-refractivity contribution >= 4 is 0 Å². The van der Waals surface area contributed by atoms with Gasteiger partial charge in [-0.3, -0.25) is 14.8 Å². The zero-order valence-electron chi connectivity index (χ0n) is 14.6. The molecule has 0 aliphatic carbocycles. The van der Waals surface area contributed by atoms with E-state index in [2.05, 4.69) is 27.8 Å². The molecule has 6 heteroatoms. The second-order valence-corrected chi connectivity index (χ2v) is 7.21. The monoisotopic (exact) mass is 335 g/mol. The summed E-state index contributed by atoms with van der Waals surface area (Å²) in [6, 6.07) is 2.50. The van der Waals surface area contributed by atoms with E-state index < -0.39 is 12.2 Å². The molecule has 0 aromatic carbocycles. The normalized spacial score (nSPS) is 30.0. The van der Waals surface area contributed by atoms with Crippen LogP contribution in [0, 0.1) is 6.92 Å². The van der Waals surface area contributed by atoms with Crippen molar-refractivity contribution in [2.75, 3.05) is 33.4 Å². The Morgan fingerprint density at radius 1 is 1.25 bits per heavy atom. The first-order valence-corrected chi connectivity index (χ1v) is 8.83. The van der Waals surface area contributed by atoms with E-state index in [1.165, 1.54) is 11.1 Å². The molecule has 1 aromatic heterocycles. The summed E-state index contributed by atoms with van der Waals surface area (Å²) in [7, 11) is 2.04. The van der Waals surface area contributed by atoms with Crippen LogP contribution in [0.15, 0.2) is 18.5 Å². The minimum atomic E-state index is -0.778. The number of likely N-dealkylation sites (tertiary alicyclic amines) is 1. The third-order valence-corrected chi connectivity index (χ3v) is 5.36. The topological polar surface area (TPSA) is 69.1 Å². The molecular formula is C18H29N3O3. The molecule has 1 aromatic rings. The molecule has 2 fully saturated rings. The van der Waals surface area contributed by atoms with Gasteiger partial charge in [-0.25, -0.2) is 0 Å². The van der Waals surface area contributed by atoms with Crippen molar-refractivity contribution in [3.05, 3.63) is 29.6 Å². The quantitative estimate of drug-likeness (QED) is 0.830. The number of ether oxygens (including phenoxy) is 1. The van der Waals surface area contributed by atoms with Crippen molar-refractivity contribution in [1.29, 1.82) is 0 Å². The highest BCUT2D eigenvalue weighted by Crippen LogP contribution is 2.23. The summed E-state index contributed by atoms with van der Waals surface area (Å²) in [5.41, 5.74) is 2.47. The van der Waals surface area contributed by atoms with Crippen LogP contribution in [0.4, 0.5) is 0 Å². The van der Waals surface area contributed by atoms with Gasteiger partial charge in [0.25, 0.3) is 0 Å². The molecule has 3 rings (SSSR count). The van der Waals surface area contributed by atoms with Crippen LogP contribution < -0.4 is 0 Å². The van der Waals surface area contributed by atoms with Gasteiger partial charge in [0.15, 0.2) is 0 Å². The molecule has 2 aliphatic heterocycles. The minimum absolute atomic E-state index is 0.119. The summed E-state index contributed by atoms with van der Waals surface area (Å²) in [5.74, 6) is 0. The van der Waals surface area contributed by atoms with E-state index >= 15 is 0 Å². The zero-order valence-corrected chi connectivity index (χ0v) is 14.6. The Bertz CT molecular complexity index is 534. The van der Waals surface area contributed by atoms with E-state index in [9.17, 15) is 10.2 Å². The fourth-order valence-electron chi connectivity index (χ4n) is 3.84. The maximum absolute atomic E-state index is 10.2. The lowest BCUT2D eigenvalue weighted by Crippen LogP contribution is -2.58. The highest BCUT2D eigenvalue weighted by Gasteiger charge is 2.37. The fraction of sp³-hybridized carbons (Fsp3) is 0.722. The number of piperidine rings is 1. The predicted molar refractivity (Wildman–Crippen MR) is 91.7 cm³/mol. The Morgan fingerprint density at radius 3 is 2.71 bits per heavy atom. The van der Waals surface area contributed by atoms with Crippen LogP contribution in [0.1, 0.15) is 24.0 Å². The molecule has 3 atom stereocenters. The summed E-state index contributed by atoms with van der Waals surface area (Å²) >= 11 is 0. The van der Waals surface area contributed by atoms with Gasteiger partial charge in [0.2, 0.25) is 0 Å². The number of aryl methyl sites for hydroxylation is 1. The van der Waals surface area contributed by atoms with Crippen molar-refractivity contribution in [3.8, 4) is 0 Å². The lowest BCUT2D eigenvalue weighted by molar-refractivity contribution is -0.137. The van der Waals surface area contributed by atoms with Gasteiger partial charge in [-0.15, -0.1) is 0 Å². The first-order valence-electron chi connectivity index (χ1n) is 8.83. The van der Waals surface area contributed by atoms with Gasteiger partial charge in [0.1, 0.15) is 6.10 Å². The summed E-state index contributed by atoms with van der Waals surface area (Å²) in [6.45, 7) is 5.81. The molecule has 0 bridgehead atoms. The Balaban J connectivity index is 1.51. The molecular weight excluding hydrogens is 306 g/mol. The molecule has 2 N–H and O–H groups in total. The fourth-order valence-corrected chi connectivity index (χ4v) is 3.84. The molecule has 0 saturated carbocycles. The van der Waals surface area contributed by atoms with Crippen molar-refractivity contribution < 1.29 is 14.9 Å². The third kappa shape index (κ3) is 4.13. The molecule has 6 nitrogen and oxygen atoms in total. The second-order valence-electron chi connectivity index (χ2n) is 7.21. The van der Waals surface area contributed by atoms with Crippen molar-refractivity contribution in [2.24, 2.45) is 0 Å². The average molecular weight is 335 g/mol. The van der Waals surface area contributed by atoms with Gasteiger partial charge < -0.3 is 14.9 Å². The van der Waals surface area contributed by atoms with E-state index in [0.29, 0.717) is 12.6 Å².